The van der Waals surface area contributed by atoms with Gasteiger partial charge in [0.15, 0.2) is 0 Å². The molecule has 0 amide bonds. The zero-order valence-electron chi connectivity index (χ0n) is 11.1. The van der Waals surface area contributed by atoms with Gasteiger partial charge in [-0.15, -0.1) is 0 Å². The molecule has 96 valence electrons. The Morgan fingerprint density at radius 2 is 2.18 bits per heavy atom. The van der Waals surface area contributed by atoms with Gasteiger partial charge in [-0.3, -0.25) is 4.90 Å². The molecule has 1 aromatic rings. The van der Waals surface area contributed by atoms with Crippen LogP contribution in [0.25, 0.3) is 0 Å². The molecule has 0 aliphatic carbocycles. The van der Waals surface area contributed by atoms with Crippen LogP contribution in [0, 0.1) is 6.92 Å². The molecule has 0 bridgehead atoms. The minimum absolute atomic E-state index is 0.0982. The molecule has 2 heterocycles. The second kappa shape index (κ2) is 5.23. The quantitative estimate of drug-likeness (QED) is 0.877. The second-order valence-electron chi connectivity index (χ2n) is 5.33. The van der Waals surface area contributed by atoms with E-state index in [1.54, 1.807) is 0 Å². The first kappa shape index (κ1) is 12.7. The van der Waals surface area contributed by atoms with Crippen LogP contribution in [0.4, 0.5) is 0 Å². The maximum atomic E-state index is 6.17. The van der Waals surface area contributed by atoms with Crippen molar-refractivity contribution in [3.8, 4) is 0 Å². The topological polar surface area (TPSA) is 42.4 Å². The van der Waals surface area contributed by atoms with E-state index in [0.29, 0.717) is 6.04 Å². The van der Waals surface area contributed by atoms with Gasteiger partial charge in [0, 0.05) is 12.1 Å². The van der Waals surface area contributed by atoms with Gasteiger partial charge in [-0.1, -0.05) is 6.42 Å². The molecule has 1 aliphatic rings. The highest BCUT2D eigenvalue weighted by Gasteiger charge is 2.31. The van der Waals surface area contributed by atoms with Gasteiger partial charge in [0.1, 0.15) is 11.5 Å². The first-order valence-corrected chi connectivity index (χ1v) is 6.67. The highest BCUT2D eigenvalue weighted by atomic mass is 16.3. The molecule has 0 spiro atoms. The molecular weight excluding hydrogens is 212 g/mol. The zero-order chi connectivity index (χ0) is 12.4. The summed E-state index contributed by atoms with van der Waals surface area (Å²) in [4.78, 5) is 2.51. The van der Waals surface area contributed by atoms with Crippen molar-refractivity contribution in [1.82, 2.24) is 4.90 Å². The molecule has 3 unspecified atom stereocenters. The predicted octanol–water partition coefficient (Wildman–Crippen LogP) is 2.85. The van der Waals surface area contributed by atoms with Crippen molar-refractivity contribution in [2.24, 2.45) is 5.73 Å². The number of nitrogens with two attached hydrogens (primary N) is 1. The van der Waals surface area contributed by atoms with Crippen LogP contribution in [-0.2, 0) is 0 Å². The average molecular weight is 236 g/mol. The summed E-state index contributed by atoms with van der Waals surface area (Å²) in [7, 11) is 0. The lowest BCUT2D eigenvalue weighted by Gasteiger charge is -2.40. The lowest BCUT2D eigenvalue weighted by atomic mass is 9.97. The van der Waals surface area contributed by atoms with Crippen LogP contribution in [-0.4, -0.2) is 23.5 Å². The molecule has 2 rings (SSSR count). The standard InChI is InChI=1S/C14H24N2O/c1-10-6-4-5-9-16(10)14(12(3)15)13-8-7-11(2)17-13/h7-8,10,12,14H,4-6,9,15H2,1-3H3. The number of likely N-dealkylation sites (tertiary alicyclic amines) is 1. The van der Waals surface area contributed by atoms with Gasteiger partial charge >= 0.3 is 0 Å². The van der Waals surface area contributed by atoms with E-state index in [1.807, 2.05) is 13.0 Å². The van der Waals surface area contributed by atoms with Gasteiger partial charge in [-0.2, -0.15) is 0 Å². The third-order valence-electron chi connectivity index (χ3n) is 3.76. The van der Waals surface area contributed by atoms with Crippen LogP contribution in [0.1, 0.15) is 50.7 Å². The highest BCUT2D eigenvalue weighted by Crippen LogP contribution is 2.31. The third-order valence-corrected chi connectivity index (χ3v) is 3.76. The Kier molecular flexibility index (Phi) is 3.89. The molecule has 1 fully saturated rings. The van der Waals surface area contributed by atoms with Crippen LogP contribution >= 0.6 is 0 Å². The van der Waals surface area contributed by atoms with Crippen molar-refractivity contribution in [1.29, 1.82) is 0 Å². The van der Waals surface area contributed by atoms with Gasteiger partial charge in [0.05, 0.1) is 6.04 Å². The SMILES string of the molecule is Cc1ccc(C(C(C)N)N2CCCCC2C)o1. The number of hydrogen-bond acceptors (Lipinski definition) is 3. The fraction of sp³-hybridized carbons (Fsp3) is 0.714. The first-order valence-electron chi connectivity index (χ1n) is 6.67. The van der Waals surface area contributed by atoms with Crippen molar-refractivity contribution in [2.75, 3.05) is 6.54 Å². The van der Waals surface area contributed by atoms with Crippen LogP contribution in [0.3, 0.4) is 0 Å². The van der Waals surface area contributed by atoms with Crippen molar-refractivity contribution in [2.45, 2.75) is 58.2 Å². The Hall–Kier alpha value is -0.800. The molecule has 3 atom stereocenters. The Bertz CT molecular complexity index is 359. The molecule has 0 aromatic carbocycles. The average Bonchev–Trinajstić information content (AvgIpc) is 2.68. The summed E-state index contributed by atoms with van der Waals surface area (Å²) < 4.78 is 5.79. The molecule has 3 nitrogen and oxygen atoms in total. The predicted molar refractivity (Wildman–Crippen MR) is 69.9 cm³/mol. The van der Waals surface area contributed by atoms with E-state index in [0.717, 1.165) is 18.1 Å². The van der Waals surface area contributed by atoms with Crippen molar-refractivity contribution in [3.63, 3.8) is 0 Å². The summed E-state index contributed by atoms with van der Waals surface area (Å²) in [6.45, 7) is 7.49. The lowest BCUT2D eigenvalue weighted by molar-refractivity contribution is 0.0788. The van der Waals surface area contributed by atoms with E-state index in [1.165, 1.54) is 19.3 Å². The number of furan rings is 1. The molecule has 17 heavy (non-hydrogen) atoms. The van der Waals surface area contributed by atoms with E-state index in [-0.39, 0.29) is 12.1 Å². The monoisotopic (exact) mass is 236 g/mol. The van der Waals surface area contributed by atoms with Crippen LogP contribution < -0.4 is 5.73 Å². The Morgan fingerprint density at radius 1 is 1.41 bits per heavy atom. The van der Waals surface area contributed by atoms with Crippen LogP contribution in [0.5, 0.6) is 0 Å². The molecule has 1 saturated heterocycles. The number of nitrogens with zero attached hydrogens (tertiary/aromatic N) is 1. The number of hydrogen-bond donors (Lipinski definition) is 1. The van der Waals surface area contributed by atoms with E-state index < -0.39 is 0 Å². The maximum absolute atomic E-state index is 6.17. The largest absolute Gasteiger partial charge is 0.465 e. The zero-order valence-corrected chi connectivity index (χ0v) is 11.1. The minimum atomic E-state index is 0.0982. The van der Waals surface area contributed by atoms with E-state index >= 15 is 0 Å². The minimum Gasteiger partial charge on any atom is -0.465 e. The second-order valence-corrected chi connectivity index (χ2v) is 5.33. The summed E-state index contributed by atoms with van der Waals surface area (Å²) in [5.74, 6) is 1.99. The fourth-order valence-corrected chi connectivity index (χ4v) is 2.87. The first-order chi connectivity index (χ1) is 8.09. The summed E-state index contributed by atoms with van der Waals surface area (Å²) >= 11 is 0. The smallest absolute Gasteiger partial charge is 0.122 e. The molecule has 3 heteroatoms. The van der Waals surface area contributed by atoms with E-state index in [4.69, 9.17) is 10.2 Å². The highest BCUT2D eigenvalue weighted by molar-refractivity contribution is 5.12. The van der Waals surface area contributed by atoms with Gasteiger partial charge in [0.2, 0.25) is 0 Å². The van der Waals surface area contributed by atoms with Gasteiger partial charge in [-0.25, -0.2) is 0 Å². The summed E-state index contributed by atoms with van der Waals surface area (Å²) in [5, 5.41) is 0. The Morgan fingerprint density at radius 3 is 2.71 bits per heavy atom. The van der Waals surface area contributed by atoms with Crippen LogP contribution in [0.2, 0.25) is 0 Å². The third kappa shape index (κ3) is 2.72. The normalized spacial score (nSPS) is 25.8. The molecule has 0 radical (unpaired) electrons. The summed E-state index contributed by atoms with van der Waals surface area (Å²) in [6, 6.07) is 5.02. The molecule has 1 aromatic heterocycles. The van der Waals surface area contributed by atoms with Crippen LogP contribution in [0.15, 0.2) is 16.5 Å². The van der Waals surface area contributed by atoms with Gasteiger partial charge in [-0.05, 0) is 52.3 Å². The number of rotatable bonds is 3. The Labute approximate surface area is 104 Å². The molecule has 2 N–H and O–H groups in total. The summed E-state index contributed by atoms with van der Waals surface area (Å²) in [5.41, 5.74) is 6.17. The van der Waals surface area contributed by atoms with Gasteiger partial charge < -0.3 is 10.2 Å². The summed E-state index contributed by atoms with van der Waals surface area (Å²) in [6.07, 6.45) is 3.87. The van der Waals surface area contributed by atoms with Crippen molar-refractivity contribution >= 4 is 0 Å². The fourth-order valence-electron chi connectivity index (χ4n) is 2.87. The lowest BCUT2D eigenvalue weighted by Crippen LogP contribution is -2.46. The number of aryl methyl sites for hydroxylation is 1. The molecule has 0 saturated carbocycles. The van der Waals surface area contributed by atoms with E-state index in [9.17, 15) is 0 Å². The maximum Gasteiger partial charge on any atom is 0.122 e. The van der Waals surface area contributed by atoms with Crippen molar-refractivity contribution in [3.05, 3.63) is 23.7 Å². The van der Waals surface area contributed by atoms with E-state index in [2.05, 4.69) is 24.8 Å². The van der Waals surface area contributed by atoms with Gasteiger partial charge in [0.25, 0.3) is 0 Å². The molecular formula is C14H24N2O. The number of piperidine rings is 1. The van der Waals surface area contributed by atoms with Crippen molar-refractivity contribution < 1.29 is 4.42 Å². The Balaban J connectivity index is 2.22. The molecule has 1 aliphatic heterocycles.